The number of nitrogens with zero attached hydrogens (tertiary/aromatic N) is 1. The fraction of sp³-hybridized carbons (Fsp3) is 0.667. The number of aromatic nitrogens is 1. The van der Waals surface area contributed by atoms with Crippen molar-refractivity contribution in [1.82, 2.24) is 4.98 Å². The Hall–Kier alpha value is -0.990. The summed E-state index contributed by atoms with van der Waals surface area (Å²) in [5, 5.41) is 0. The van der Waals surface area contributed by atoms with Crippen LogP contribution in [0.4, 0.5) is 0 Å². The van der Waals surface area contributed by atoms with Gasteiger partial charge in [0, 0.05) is 5.41 Å². The molecule has 12 heavy (non-hydrogen) atoms. The second-order valence-corrected chi connectivity index (χ2v) is 3.67. The Bertz CT molecular complexity index is 247. The molecule has 3 heteroatoms. The van der Waals surface area contributed by atoms with Crippen molar-refractivity contribution < 1.29 is 9.15 Å². The Morgan fingerprint density at radius 1 is 1.50 bits per heavy atom. The Balaban J connectivity index is 2.77. The third-order valence-corrected chi connectivity index (χ3v) is 1.41. The zero-order valence-corrected chi connectivity index (χ0v) is 8.05. The van der Waals surface area contributed by atoms with E-state index in [0.717, 1.165) is 0 Å². The van der Waals surface area contributed by atoms with Crippen LogP contribution in [0.25, 0.3) is 0 Å². The van der Waals surface area contributed by atoms with E-state index in [9.17, 15) is 0 Å². The second kappa shape index (κ2) is 3.17. The molecule has 0 radical (unpaired) electrons. The standard InChI is InChI=1S/C9H15NO2/c1-5-11-7-6-10-8(12-7)9(2,3)4/h6H,5H2,1-4H3. The molecule has 0 aliphatic heterocycles. The van der Waals surface area contributed by atoms with Crippen LogP contribution in [0, 0.1) is 0 Å². The molecule has 1 rings (SSSR count). The highest BCUT2D eigenvalue weighted by molar-refractivity contribution is 5.05. The molecule has 0 unspecified atom stereocenters. The first-order valence-corrected chi connectivity index (χ1v) is 4.13. The van der Waals surface area contributed by atoms with Crippen LogP contribution in [0.2, 0.25) is 0 Å². The Morgan fingerprint density at radius 3 is 2.58 bits per heavy atom. The average molecular weight is 169 g/mol. The summed E-state index contributed by atoms with van der Waals surface area (Å²) in [5.41, 5.74) is -0.0463. The monoisotopic (exact) mass is 169 g/mol. The minimum Gasteiger partial charge on any atom is -0.464 e. The maximum Gasteiger partial charge on any atom is 0.305 e. The first-order valence-electron chi connectivity index (χ1n) is 4.13. The lowest BCUT2D eigenvalue weighted by Crippen LogP contribution is -2.10. The van der Waals surface area contributed by atoms with Crippen molar-refractivity contribution in [3.63, 3.8) is 0 Å². The third kappa shape index (κ3) is 2.00. The van der Waals surface area contributed by atoms with Gasteiger partial charge < -0.3 is 9.15 Å². The van der Waals surface area contributed by atoms with Crippen molar-refractivity contribution >= 4 is 0 Å². The lowest BCUT2D eigenvalue weighted by Gasteiger charge is -2.11. The van der Waals surface area contributed by atoms with Crippen molar-refractivity contribution in [3.05, 3.63) is 12.1 Å². The number of hydrogen-bond donors (Lipinski definition) is 0. The first kappa shape index (κ1) is 9.10. The lowest BCUT2D eigenvalue weighted by molar-refractivity contribution is 0.238. The first-order chi connectivity index (χ1) is 5.54. The number of hydrogen-bond acceptors (Lipinski definition) is 3. The van der Waals surface area contributed by atoms with Crippen LogP contribution < -0.4 is 4.74 Å². The fourth-order valence-corrected chi connectivity index (χ4v) is 0.815. The van der Waals surface area contributed by atoms with Gasteiger partial charge in [-0.2, -0.15) is 0 Å². The van der Waals surface area contributed by atoms with Gasteiger partial charge in [0.15, 0.2) is 0 Å². The predicted octanol–water partition coefficient (Wildman–Crippen LogP) is 2.37. The van der Waals surface area contributed by atoms with Crippen LogP contribution in [-0.4, -0.2) is 11.6 Å². The molecule has 0 aliphatic carbocycles. The van der Waals surface area contributed by atoms with Crippen LogP contribution in [-0.2, 0) is 5.41 Å². The summed E-state index contributed by atoms with van der Waals surface area (Å²) < 4.78 is 10.5. The summed E-state index contributed by atoms with van der Waals surface area (Å²) in [7, 11) is 0. The summed E-state index contributed by atoms with van der Waals surface area (Å²) in [4.78, 5) is 4.11. The topological polar surface area (TPSA) is 35.3 Å². The molecule has 68 valence electrons. The highest BCUT2D eigenvalue weighted by atomic mass is 16.6. The maximum atomic E-state index is 5.36. The summed E-state index contributed by atoms with van der Waals surface area (Å²) in [6.45, 7) is 8.68. The summed E-state index contributed by atoms with van der Waals surface area (Å²) in [5.74, 6) is 1.22. The predicted molar refractivity (Wildman–Crippen MR) is 46.4 cm³/mol. The van der Waals surface area contributed by atoms with Gasteiger partial charge in [0.05, 0.1) is 6.61 Å². The van der Waals surface area contributed by atoms with Gasteiger partial charge in [-0.15, -0.1) is 0 Å². The van der Waals surface area contributed by atoms with Crippen molar-refractivity contribution in [2.24, 2.45) is 0 Å². The minimum atomic E-state index is -0.0463. The average Bonchev–Trinajstić information content (AvgIpc) is 2.35. The fourth-order valence-electron chi connectivity index (χ4n) is 0.815. The van der Waals surface area contributed by atoms with Crippen LogP contribution in [0.5, 0.6) is 5.95 Å². The SMILES string of the molecule is CCOc1cnc(C(C)(C)C)o1. The van der Waals surface area contributed by atoms with Crippen molar-refractivity contribution in [3.8, 4) is 5.95 Å². The molecule has 1 aromatic heterocycles. The van der Waals surface area contributed by atoms with E-state index in [2.05, 4.69) is 25.8 Å². The molecule has 0 amide bonds. The van der Waals surface area contributed by atoms with Gasteiger partial charge in [0.2, 0.25) is 5.89 Å². The zero-order valence-electron chi connectivity index (χ0n) is 8.05. The minimum absolute atomic E-state index is 0.0463. The molecule has 0 saturated carbocycles. The quantitative estimate of drug-likeness (QED) is 0.681. The van der Waals surface area contributed by atoms with Crippen molar-refractivity contribution in [2.75, 3.05) is 6.61 Å². The highest BCUT2D eigenvalue weighted by Gasteiger charge is 2.20. The van der Waals surface area contributed by atoms with E-state index >= 15 is 0 Å². The number of ether oxygens (including phenoxy) is 1. The molecule has 0 bridgehead atoms. The second-order valence-electron chi connectivity index (χ2n) is 3.67. The Kier molecular flexibility index (Phi) is 2.40. The van der Waals surface area contributed by atoms with Gasteiger partial charge in [-0.1, -0.05) is 20.8 Å². The van der Waals surface area contributed by atoms with Crippen LogP contribution in [0.1, 0.15) is 33.6 Å². The molecular weight excluding hydrogens is 154 g/mol. The van der Waals surface area contributed by atoms with Gasteiger partial charge in [-0.05, 0) is 6.92 Å². The van der Waals surface area contributed by atoms with Gasteiger partial charge in [0.25, 0.3) is 0 Å². The molecule has 0 aliphatic rings. The van der Waals surface area contributed by atoms with Gasteiger partial charge in [-0.25, -0.2) is 4.98 Å². The highest BCUT2D eigenvalue weighted by Crippen LogP contribution is 2.24. The largest absolute Gasteiger partial charge is 0.464 e. The van der Waals surface area contributed by atoms with Crippen molar-refractivity contribution in [1.29, 1.82) is 0 Å². The smallest absolute Gasteiger partial charge is 0.305 e. The summed E-state index contributed by atoms with van der Waals surface area (Å²) >= 11 is 0. The molecule has 1 aromatic rings. The molecule has 0 N–H and O–H groups in total. The maximum absolute atomic E-state index is 5.36. The molecule has 0 fully saturated rings. The molecule has 1 heterocycles. The molecular formula is C9H15NO2. The van der Waals surface area contributed by atoms with Crippen LogP contribution >= 0.6 is 0 Å². The number of oxazole rings is 1. The van der Waals surface area contributed by atoms with E-state index in [1.165, 1.54) is 0 Å². The molecule has 0 aromatic carbocycles. The summed E-state index contributed by atoms with van der Waals surface area (Å²) in [6.07, 6.45) is 1.62. The van der Waals surface area contributed by atoms with E-state index in [0.29, 0.717) is 18.4 Å². The van der Waals surface area contributed by atoms with E-state index in [1.54, 1.807) is 6.20 Å². The molecule has 0 spiro atoms. The Morgan fingerprint density at radius 2 is 2.17 bits per heavy atom. The van der Waals surface area contributed by atoms with Gasteiger partial charge >= 0.3 is 5.95 Å². The normalized spacial score (nSPS) is 11.7. The van der Waals surface area contributed by atoms with E-state index in [1.807, 2.05) is 6.92 Å². The summed E-state index contributed by atoms with van der Waals surface area (Å²) in [6, 6.07) is 0. The molecule has 0 saturated heterocycles. The molecule has 3 nitrogen and oxygen atoms in total. The Labute approximate surface area is 72.7 Å². The van der Waals surface area contributed by atoms with Crippen LogP contribution in [0.15, 0.2) is 10.6 Å². The van der Waals surface area contributed by atoms with E-state index in [4.69, 9.17) is 9.15 Å². The van der Waals surface area contributed by atoms with E-state index in [-0.39, 0.29) is 5.41 Å². The van der Waals surface area contributed by atoms with Gasteiger partial charge in [0.1, 0.15) is 6.20 Å². The van der Waals surface area contributed by atoms with Crippen molar-refractivity contribution in [2.45, 2.75) is 33.1 Å². The van der Waals surface area contributed by atoms with Crippen LogP contribution in [0.3, 0.4) is 0 Å². The third-order valence-electron chi connectivity index (χ3n) is 1.41. The van der Waals surface area contributed by atoms with Gasteiger partial charge in [-0.3, -0.25) is 0 Å². The lowest BCUT2D eigenvalue weighted by atomic mass is 9.97. The zero-order chi connectivity index (χ0) is 9.19. The van der Waals surface area contributed by atoms with E-state index < -0.39 is 0 Å². The number of rotatable bonds is 2. The molecule has 0 atom stereocenters.